The SMILES string of the molecule is CC(C)N(C(=O)COC(=O)/C=C/c1cc2c(cc1[N+](=O)[O-])OCO2)C(C)C. The Labute approximate surface area is 156 Å². The minimum Gasteiger partial charge on any atom is -0.454 e. The number of benzene rings is 1. The predicted molar refractivity (Wildman–Crippen MR) is 96.3 cm³/mol. The van der Waals surface area contributed by atoms with Crippen molar-refractivity contribution in [2.45, 2.75) is 39.8 Å². The summed E-state index contributed by atoms with van der Waals surface area (Å²) in [4.78, 5) is 36.3. The highest BCUT2D eigenvalue weighted by molar-refractivity contribution is 5.90. The summed E-state index contributed by atoms with van der Waals surface area (Å²) in [5, 5.41) is 11.2. The highest BCUT2D eigenvalue weighted by atomic mass is 16.7. The van der Waals surface area contributed by atoms with Gasteiger partial charge in [-0.05, 0) is 39.8 Å². The minimum absolute atomic E-state index is 0.0218. The molecule has 0 radical (unpaired) electrons. The van der Waals surface area contributed by atoms with Gasteiger partial charge in [-0.25, -0.2) is 4.79 Å². The number of hydrogen-bond acceptors (Lipinski definition) is 7. The van der Waals surface area contributed by atoms with Gasteiger partial charge in [-0.1, -0.05) is 0 Å². The zero-order chi connectivity index (χ0) is 20.1. The van der Waals surface area contributed by atoms with Crippen LogP contribution in [-0.4, -0.2) is 47.2 Å². The molecule has 1 aliphatic rings. The number of amides is 1. The molecule has 0 fully saturated rings. The maximum Gasteiger partial charge on any atom is 0.331 e. The van der Waals surface area contributed by atoms with Crippen molar-refractivity contribution in [1.29, 1.82) is 0 Å². The van der Waals surface area contributed by atoms with E-state index in [-0.39, 0.29) is 41.8 Å². The number of fused-ring (bicyclic) bond motifs is 1. The number of nitro groups is 1. The van der Waals surface area contributed by atoms with Crippen LogP contribution in [0.15, 0.2) is 18.2 Å². The fourth-order valence-corrected chi connectivity index (χ4v) is 2.82. The van der Waals surface area contributed by atoms with E-state index in [2.05, 4.69) is 0 Å². The van der Waals surface area contributed by atoms with E-state index in [1.165, 1.54) is 18.2 Å². The van der Waals surface area contributed by atoms with Gasteiger partial charge in [0.25, 0.3) is 11.6 Å². The van der Waals surface area contributed by atoms with Gasteiger partial charge in [0.2, 0.25) is 6.79 Å². The molecule has 146 valence electrons. The molecule has 1 aliphatic heterocycles. The van der Waals surface area contributed by atoms with Crippen molar-refractivity contribution in [2.24, 2.45) is 0 Å². The van der Waals surface area contributed by atoms with E-state index in [4.69, 9.17) is 14.2 Å². The van der Waals surface area contributed by atoms with Crippen LogP contribution < -0.4 is 9.47 Å². The second-order valence-electron chi connectivity index (χ2n) is 6.45. The van der Waals surface area contributed by atoms with E-state index in [0.29, 0.717) is 5.75 Å². The summed E-state index contributed by atoms with van der Waals surface area (Å²) in [6.45, 7) is 7.07. The highest BCUT2D eigenvalue weighted by Crippen LogP contribution is 2.38. The molecular formula is C18H22N2O7. The van der Waals surface area contributed by atoms with Crippen LogP contribution in [0.3, 0.4) is 0 Å². The maximum atomic E-state index is 12.2. The molecule has 2 rings (SSSR count). The Morgan fingerprint density at radius 1 is 1.22 bits per heavy atom. The Hall–Kier alpha value is -3.10. The molecule has 0 N–H and O–H groups in total. The number of carbonyl (C=O) groups excluding carboxylic acids is 2. The Bertz CT molecular complexity index is 763. The first kappa shape index (κ1) is 20.2. The number of ether oxygens (including phenoxy) is 3. The molecule has 0 bridgehead atoms. The average Bonchev–Trinajstić information content (AvgIpc) is 3.03. The van der Waals surface area contributed by atoms with Gasteiger partial charge in [0.1, 0.15) is 0 Å². The monoisotopic (exact) mass is 378 g/mol. The van der Waals surface area contributed by atoms with Crippen LogP contribution in [-0.2, 0) is 14.3 Å². The van der Waals surface area contributed by atoms with Crippen molar-refractivity contribution >= 4 is 23.6 Å². The lowest BCUT2D eigenvalue weighted by Crippen LogP contribution is -2.44. The molecule has 27 heavy (non-hydrogen) atoms. The molecule has 0 saturated heterocycles. The van der Waals surface area contributed by atoms with Crippen LogP contribution in [0.4, 0.5) is 5.69 Å². The molecule has 0 unspecified atom stereocenters. The molecule has 1 amide bonds. The third-order valence-electron chi connectivity index (χ3n) is 3.86. The Morgan fingerprint density at radius 2 is 1.81 bits per heavy atom. The van der Waals surface area contributed by atoms with Gasteiger partial charge in [0, 0.05) is 18.2 Å². The van der Waals surface area contributed by atoms with E-state index in [1.807, 2.05) is 27.7 Å². The lowest BCUT2D eigenvalue weighted by Gasteiger charge is -2.30. The number of carbonyl (C=O) groups is 2. The third-order valence-corrected chi connectivity index (χ3v) is 3.86. The van der Waals surface area contributed by atoms with Gasteiger partial charge in [-0.3, -0.25) is 14.9 Å². The van der Waals surface area contributed by atoms with Gasteiger partial charge < -0.3 is 19.1 Å². The summed E-state index contributed by atoms with van der Waals surface area (Å²) in [5.74, 6) is -0.457. The first-order valence-corrected chi connectivity index (χ1v) is 8.44. The molecule has 9 nitrogen and oxygen atoms in total. The number of nitro benzene ring substituents is 1. The average molecular weight is 378 g/mol. The second kappa shape index (κ2) is 8.52. The normalized spacial score (nSPS) is 12.7. The molecule has 0 atom stereocenters. The van der Waals surface area contributed by atoms with Crippen LogP contribution in [0.5, 0.6) is 11.5 Å². The van der Waals surface area contributed by atoms with E-state index in [1.54, 1.807) is 4.90 Å². The highest BCUT2D eigenvalue weighted by Gasteiger charge is 2.23. The van der Waals surface area contributed by atoms with Crippen molar-refractivity contribution in [3.05, 3.63) is 33.9 Å². The van der Waals surface area contributed by atoms with Crippen molar-refractivity contribution in [2.75, 3.05) is 13.4 Å². The molecule has 0 saturated carbocycles. The zero-order valence-corrected chi connectivity index (χ0v) is 15.6. The quantitative estimate of drug-likeness (QED) is 0.310. The smallest absolute Gasteiger partial charge is 0.331 e. The van der Waals surface area contributed by atoms with Crippen molar-refractivity contribution in [3.8, 4) is 11.5 Å². The summed E-state index contributed by atoms with van der Waals surface area (Å²) < 4.78 is 15.3. The van der Waals surface area contributed by atoms with Gasteiger partial charge in [0.05, 0.1) is 16.6 Å². The number of rotatable bonds is 7. The molecule has 0 aromatic heterocycles. The number of hydrogen-bond donors (Lipinski definition) is 0. The zero-order valence-electron chi connectivity index (χ0n) is 15.6. The van der Waals surface area contributed by atoms with Crippen LogP contribution in [0.25, 0.3) is 6.08 Å². The van der Waals surface area contributed by atoms with Crippen LogP contribution in [0.2, 0.25) is 0 Å². The summed E-state index contributed by atoms with van der Waals surface area (Å²) in [5.41, 5.74) is -0.0660. The molecule has 1 heterocycles. The van der Waals surface area contributed by atoms with E-state index >= 15 is 0 Å². The molecular weight excluding hydrogens is 356 g/mol. The molecule has 9 heteroatoms. The number of esters is 1. The van der Waals surface area contributed by atoms with Crippen molar-refractivity contribution in [1.82, 2.24) is 4.90 Å². The van der Waals surface area contributed by atoms with Crippen LogP contribution in [0.1, 0.15) is 33.3 Å². The Balaban J connectivity index is 2.05. The lowest BCUT2D eigenvalue weighted by molar-refractivity contribution is -0.385. The third kappa shape index (κ3) is 4.96. The first-order chi connectivity index (χ1) is 12.7. The van der Waals surface area contributed by atoms with Gasteiger partial charge in [-0.15, -0.1) is 0 Å². The fraction of sp³-hybridized carbons (Fsp3) is 0.444. The Morgan fingerprint density at radius 3 is 2.37 bits per heavy atom. The van der Waals surface area contributed by atoms with Crippen molar-refractivity contribution in [3.63, 3.8) is 0 Å². The topological polar surface area (TPSA) is 108 Å². The maximum absolute atomic E-state index is 12.2. The van der Waals surface area contributed by atoms with Crippen LogP contribution in [0, 0.1) is 10.1 Å². The van der Waals surface area contributed by atoms with Gasteiger partial charge in [0.15, 0.2) is 18.1 Å². The first-order valence-electron chi connectivity index (χ1n) is 8.44. The second-order valence-corrected chi connectivity index (χ2v) is 6.45. The number of nitrogens with zero attached hydrogens (tertiary/aromatic N) is 2. The van der Waals surface area contributed by atoms with Crippen LogP contribution >= 0.6 is 0 Å². The molecule has 1 aromatic rings. The summed E-state index contributed by atoms with van der Waals surface area (Å²) in [6, 6.07) is 2.60. The lowest BCUT2D eigenvalue weighted by atomic mass is 10.1. The van der Waals surface area contributed by atoms with Gasteiger partial charge >= 0.3 is 5.97 Å². The summed E-state index contributed by atoms with van der Waals surface area (Å²) >= 11 is 0. The van der Waals surface area contributed by atoms with E-state index < -0.39 is 17.5 Å². The molecule has 0 aliphatic carbocycles. The van der Waals surface area contributed by atoms with Crippen molar-refractivity contribution < 1.29 is 28.7 Å². The Kier molecular flexibility index (Phi) is 6.38. The van der Waals surface area contributed by atoms with E-state index in [0.717, 1.165) is 6.08 Å². The molecule has 1 aromatic carbocycles. The minimum atomic E-state index is -0.775. The standard InChI is InChI=1S/C18H22N2O7/c1-11(2)19(12(3)4)17(21)9-25-18(22)6-5-13-7-15-16(27-10-26-15)8-14(13)20(23)24/h5-8,11-12H,9-10H2,1-4H3/b6-5+. The fourth-order valence-electron chi connectivity index (χ4n) is 2.82. The summed E-state index contributed by atoms with van der Waals surface area (Å²) in [6.07, 6.45) is 2.28. The summed E-state index contributed by atoms with van der Waals surface area (Å²) in [7, 11) is 0. The predicted octanol–water partition coefficient (Wildman–Crippen LogP) is 2.53. The largest absolute Gasteiger partial charge is 0.454 e. The molecule has 0 spiro atoms. The van der Waals surface area contributed by atoms with Gasteiger partial charge in [-0.2, -0.15) is 0 Å². The van der Waals surface area contributed by atoms with E-state index in [9.17, 15) is 19.7 Å².